The maximum absolute atomic E-state index is 5.84. The Labute approximate surface area is 130 Å². The van der Waals surface area contributed by atoms with E-state index in [0.717, 1.165) is 32.1 Å². The molecule has 3 aromatic rings. The fourth-order valence-electron chi connectivity index (χ4n) is 2.08. The standard InChI is InChI=1S/C15H14BrN3S/c1-9-2-3-13-14(4-9)19-15(18-13)20-8-10-5-11(16)7-12(17)6-10/h2-7H,8,17H2,1H3,(H,18,19). The fraction of sp³-hybridized carbons (Fsp3) is 0.133. The number of rotatable bonds is 3. The number of aryl methyl sites for hydroxylation is 1. The molecule has 1 aromatic heterocycles. The number of halogens is 1. The normalized spacial score (nSPS) is 11.1. The lowest BCUT2D eigenvalue weighted by Crippen LogP contribution is -1.88. The second-order valence-electron chi connectivity index (χ2n) is 4.74. The Kier molecular flexibility index (Phi) is 3.72. The van der Waals surface area contributed by atoms with Crippen LogP contribution in [-0.2, 0) is 5.75 Å². The lowest BCUT2D eigenvalue weighted by molar-refractivity contribution is 1.08. The molecule has 0 unspecified atom stereocenters. The average Bonchev–Trinajstić information content (AvgIpc) is 2.77. The summed E-state index contributed by atoms with van der Waals surface area (Å²) in [4.78, 5) is 7.92. The van der Waals surface area contributed by atoms with Gasteiger partial charge in [0.25, 0.3) is 0 Å². The number of hydrogen-bond donors (Lipinski definition) is 2. The van der Waals surface area contributed by atoms with Gasteiger partial charge in [-0.05, 0) is 48.4 Å². The number of H-pyrrole nitrogens is 1. The van der Waals surface area contributed by atoms with Gasteiger partial charge in [0.2, 0.25) is 0 Å². The third-order valence-electron chi connectivity index (χ3n) is 2.97. The topological polar surface area (TPSA) is 54.7 Å². The van der Waals surface area contributed by atoms with E-state index in [1.54, 1.807) is 11.8 Å². The third-order valence-corrected chi connectivity index (χ3v) is 4.37. The summed E-state index contributed by atoms with van der Waals surface area (Å²) in [6, 6.07) is 12.2. The van der Waals surface area contributed by atoms with Crippen molar-refractivity contribution in [3.05, 3.63) is 52.0 Å². The van der Waals surface area contributed by atoms with Crippen molar-refractivity contribution in [2.45, 2.75) is 17.8 Å². The van der Waals surface area contributed by atoms with Crippen molar-refractivity contribution in [3.8, 4) is 0 Å². The van der Waals surface area contributed by atoms with Crippen LogP contribution in [0.5, 0.6) is 0 Å². The molecule has 0 aliphatic heterocycles. The first kappa shape index (κ1) is 13.5. The zero-order valence-electron chi connectivity index (χ0n) is 11.0. The number of aromatic amines is 1. The summed E-state index contributed by atoms with van der Waals surface area (Å²) in [6.45, 7) is 2.08. The first-order chi connectivity index (χ1) is 9.60. The SMILES string of the molecule is Cc1ccc2nc(SCc3cc(N)cc(Br)c3)[nH]c2c1. The van der Waals surface area contributed by atoms with Crippen molar-refractivity contribution in [3.63, 3.8) is 0 Å². The number of anilines is 1. The van der Waals surface area contributed by atoms with Gasteiger partial charge in [0.05, 0.1) is 11.0 Å². The van der Waals surface area contributed by atoms with Gasteiger partial charge < -0.3 is 10.7 Å². The number of thioether (sulfide) groups is 1. The van der Waals surface area contributed by atoms with Crippen molar-refractivity contribution >= 4 is 44.4 Å². The van der Waals surface area contributed by atoms with E-state index < -0.39 is 0 Å². The Morgan fingerprint density at radius 2 is 2.10 bits per heavy atom. The van der Waals surface area contributed by atoms with Crippen LogP contribution in [0.3, 0.4) is 0 Å². The summed E-state index contributed by atoms with van der Waals surface area (Å²) in [5, 5.41) is 0.934. The highest BCUT2D eigenvalue weighted by Gasteiger charge is 2.05. The van der Waals surface area contributed by atoms with Gasteiger partial charge in [-0.2, -0.15) is 0 Å². The van der Waals surface area contributed by atoms with Gasteiger partial charge in [0.15, 0.2) is 5.16 Å². The number of benzene rings is 2. The smallest absolute Gasteiger partial charge is 0.166 e. The number of fused-ring (bicyclic) bond motifs is 1. The molecule has 0 radical (unpaired) electrons. The quantitative estimate of drug-likeness (QED) is 0.541. The number of nitrogens with two attached hydrogens (primary N) is 1. The summed E-state index contributed by atoms with van der Waals surface area (Å²) >= 11 is 5.14. The Morgan fingerprint density at radius 1 is 1.25 bits per heavy atom. The highest BCUT2D eigenvalue weighted by molar-refractivity contribution is 9.10. The highest BCUT2D eigenvalue weighted by Crippen LogP contribution is 2.26. The molecule has 1 heterocycles. The monoisotopic (exact) mass is 347 g/mol. The largest absolute Gasteiger partial charge is 0.399 e. The van der Waals surface area contributed by atoms with Crippen LogP contribution in [0.1, 0.15) is 11.1 Å². The number of nitrogens with one attached hydrogen (secondary N) is 1. The molecule has 5 heteroatoms. The predicted octanol–water partition coefficient (Wildman–Crippen LogP) is 4.51. The van der Waals surface area contributed by atoms with E-state index in [2.05, 4.69) is 51.0 Å². The predicted molar refractivity (Wildman–Crippen MR) is 88.9 cm³/mol. The van der Waals surface area contributed by atoms with Crippen molar-refractivity contribution in [1.29, 1.82) is 0 Å². The first-order valence-electron chi connectivity index (χ1n) is 6.24. The first-order valence-corrected chi connectivity index (χ1v) is 8.02. The van der Waals surface area contributed by atoms with E-state index in [1.165, 1.54) is 11.1 Å². The van der Waals surface area contributed by atoms with Crippen LogP contribution in [-0.4, -0.2) is 9.97 Å². The molecule has 0 fully saturated rings. The fourth-order valence-corrected chi connectivity index (χ4v) is 3.45. The van der Waals surface area contributed by atoms with Crippen molar-refractivity contribution in [2.75, 3.05) is 5.73 Å². The van der Waals surface area contributed by atoms with Gasteiger partial charge in [-0.25, -0.2) is 4.98 Å². The second kappa shape index (κ2) is 5.50. The minimum atomic E-state index is 0.773. The number of imidazole rings is 1. The minimum Gasteiger partial charge on any atom is -0.399 e. The van der Waals surface area contributed by atoms with Crippen molar-refractivity contribution in [1.82, 2.24) is 9.97 Å². The van der Waals surface area contributed by atoms with Gasteiger partial charge in [0, 0.05) is 15.9 Å². The zero-order chi connectivity index (χ0) is 14.1. The molecule has 2 aromatic carbocycles. The molecule has 0 atom stereocenters. The summed E-state index contributed by atoms with van der Waals surface area (Å²) in [5.41, 5.74) is 11.1. The molecule has 3 N–H and O–H groups in total. The van der Waals surface area contributed by atoms with Gasteiger partial charge >= 0.3 is 0 Å². The maximum atomic E-state index is 5.84. The van der Waals surface area contributed by atoms with E-state index in [0.29, 0.717) is 0 Å². The Bertz CT molecular complexity index is 747. The summed E-state index contributed by atoms with van der Waals surface area (Å²) in [5.74, 6) is 0.836. The molecule has 0 aliphatic rings. The molecule has 0 aliphatic carbocycles. The van der Waals surface area contributed by atoms with Gasteiger partial charge in [0.1, 0.15) is 0 Å². The lowest BCUT2D eigenvalue weighted by atomic mass is 10.2. The molecule has 0 saturated heterocycles. The minimum absolute atomic E-state index is 0.773. The summed E-state index contributed by atoms with van der Waals surface area (Å²) < 4.78 is 1.01. The maximum Gasteiger partial charge on any atom is 0.166 e. The second-order valence-corrected chi connectivity index (χ2v) is 6.62. The third kappa shape index (κ3) is 2.99. The Hall–Kier alpha value is -1.46. The number of hydrogen-bond acceptors (Lipinski definition) is 3. The molecule has 3 rings (SSSR count). The van der Waals surface area contributed by atoms with Crippen LogP contribution in [0.15, 0.2) is 46.0 Å². The molecule has 0 amide bonds. The van der Waals surface area contributed by atoms with Gasteiger partial charge in [-0.3, -0.25) is 0 Å². The van der Waals surface area contributed by atoms with Gasteiger partial charge in [-0.15, -0.1) is 0 Å². The molecule has 102 valence electrons. The number of nitrogens with zero attached hydrogens (tertiary/aromatic N) is 1. The van der Waals surface area contributed by atoms with Gasteiger partial charge in [-0.1, -0.05) is 33.8 Å². The van der Waals surface area contributed by atoms with Crippen LogP contribution in [0.25, 0.3) is 11.0 Å². The van der Waals surface area contributed by atoms with Crippen molar-refractivity contribution < 1.29 is 0 Å². The molecular formula is C15H14BrN3S. The molecule has 3 nitrogen and oxygen atoms in total. The van der Waals surface area contributed by atoms with Crippen molar-refractivity contribution in [2.24, 2.45) is 0 Å². The van der Waals surface area contributed by atoms with Crippen LogP contribution in [0.2, 0.25) is 0 Å². The molecule has 0 bridgehead atoms. The zero-order valence-corrected chi connectivity index (χ0v) is 13.4. The molecule has 20 heavy (non-hydrogen) atoms. The van der Waals surface area contributed by atoms with Crippen LogP contribution >= 0.6 is 27.7 Å². The van der Waals surface area contributed by atoms with E-state index >= 15 is 0 Å². The molecule has 0 saturated carbocycles. The lowest BCUT2D eigenvalue weighted by Gasteiger charge is -2.02. The van der Waals surface area contributed by atoms with Crippen LogP contribution in [0, 0.1) is 6.92 Å². The summed E-state index contributed by atoms with van der Waals surface area (Å²) in [6.07, 6.45) is 0. The highest BCUT2D eigenvalue weighted by atomic mass is 79.9. The Morgan fingerprint density at radius 3 is 2.90 bits per heavy atom. The molecular weight excluding hydrogens is 334 g/mol. The number of nitrogen functional groups attached to an aromatic ring is 1. The average molecular weight is 348 g/mol. The summed E-state index contributed by atoms with van der Waals surface area (Å²) in [7, 11) is 0. The van der Waals surface area contributed by atoms with Crippen LogP contribution in [0.4, 0.5) is 5.69 Å². The van der Waals surface area contributed by atoms with E-state index in [-0.39, 0.29) is 0 Å². The van der Waals surface area contributed by atoms with E-state index in [4.69, 9.17) is 5.73 Å². The number of aromatic nitrogens is 2. The Balaban J connectivity index is 1.79. The van der Waals surface area contributed by atoms with Crippen LogP contribution < -0.4 is 5.73 Å². The van der Waals surface area contributed by atoms with E-state index in [1.807, 2.05) is 18.2 Å². The van der Waals surface area contributed by atoms with E-state index in [9.17, 15) is 0 Å². The molecule has 0 spiro atoms.